The molecule has 5 nitrogen and oxygen atoms in total. The molecule has 0 saturated carbocycles. The van der Waals surface area contributed by atoms with Crippen LogP contribution in [0.3, 0.4) is 0 Å². The zero-order valence-corrected chi connectivity index (χ0v) is 18.8. The number of fused-ring (bicyclic) bond motifs is 1. The Bertz CT molecular complexity index is 1270. The third-order valence-corrected chi connectivity index (χ3v) is 6.91. The van der Waals surface area contributed by atoms with Gasteiger partial charge >= 0.3 is 0 Å². The Morgan fingerprint density at radius 2 is 2.03 bits per heavy atom. The molecule has 0 fully saturated rings. The Labute approximate surface area is 183 Å². The van der Waals surface area contributed by atoms with E-state index < -0.39 is 0 Å². The number of carbonyl (C=O) groups excluding carboxylic acids is 1. The quantitative estimate of drug-likeness (QED) is 0.466. The van der Waals surface area contributed by atoms with Crippen molar-refractivity contribution in [1.29, 1.82) is 0 Å². The van der Waals surface area contributed by atoms with Crippen molar-refractivity contribution in [3.8, 4) is 10.4 Å². The van der Waals surface area contributed by atoms with Crippen LogP contribution < -0.4 is 5.56 Å². The van der Waals surface area contributed by atoms with E-state index in [0.29, 0.717) is 29.1 Å². The zero-order chi connectivity index (χ0) is 21.3. The van der Waals surface area contributed by atoms with Crippen LogP contribution in [0.15, 0.2) is 46.6 Å². The predicted molar refractivity (Wildman–Crippen MR) is 124 cm³/mol. The maximum absolute atomic E-state index is 12.9. The summed E-state index contributed by atoms with van der Waals surface area (Å²) < 4.78 is 0. The first-order valence-electron chi connectivity index (χ1n) is 9.85. The predicted octanol–water partition coefficient (Wildman–Crippen LogP) is 4.92. The molecular weight excluding hydrogens is 414 g/mol. The van der Waals surface area contributed by atoms with Crippen LogP contribution in [-0.4, -0.2) is 27.3 Å². The summed E-state index contributed by atoms with van der Waals surface area (Å²) in [5, 5.41) is 2.57. The lowest BCUT2D eigenvalue weighted by Gasteiger charge is -2.21. The largest absolute Gasteiger partial charge is 0.338 e. The Morgan fingerprint density at radius 1 is 1.20 bits per heavy atom. The van der Waals surface area contributed by atoms with E-state index in [-0.39, 0.29) is 17.9 Å². The van der Waals surface area contributed by atoms with Gasteiger partial charge in [-0.05, 0) is 38.5 Å². The Hall–Kier alpha value is -2.77. The van der Waals surface area contributed by atoms with Crippen LogP contribution >= 0.6 is 22.7 Å². The zero-order valence-electron chi connectivity index (χ0n) is 17.2. The Morgan fingerprint density at radius 3 is 2.73 bits per heavy atom. The van der Waals surface area contributed by atoms with Crippen molar-refractivity contribution < 1.29 is 4.79 Å². The Kier molecular flexibility index (Phi) is 5.83. The molecule has 0 atom stereocenters. The van der Waals surface area contributed by atoms with Gasteiger partial charge in [0.1, 0.15) is 10.7 Å². The first-order chi connectivity index (χ1) is 14.4. The molecular formula is C23H23N3O2S2. The Balaban J connectivity index is 1.57. The fourth-order valence-electron chi connectivity index (χ4n) is 3.50. The number of thiophene rings is 2. The molecule has 1 amide bonds. The van der Waals surface area contributed by atoms with Crippen LogP contribution in [-0.2, 0) is 17.8 Å². The highest BCUT2D eigenvalue weighted by Crippen LogP contribution is 2.35. The monoisotopic (exact) mass is 437 g/mol. The summed E-state index contributed by atoms with van der Waals surface area (Å²) in [4.78, 5) is 37.8. The summed E-state index contributed by atoms with van der Waals surface area (Å²) in [6, 6.07) is 12.2. The van der Waals surface area contributed by atoms with E-state index in [9.17, 15) is 9.59 Å². The van der Waals surface area contributed by atoms with Crippen LogP contribution in [0.5, 0.6) is 0 Å². The van der Waals surface area contributed by atoms with Crippen molar-refractivity contribution in [3.05, 3.63) is 74.0 Å². The van der Waals surface area contributed by atoms with Crippen molar-refractivity contribution in [1.82, 2.24) is 14.9 Å². The summed E-state index contributed by atoms with van der Waals surface area (Å²) in [5.74, 6) is 0.364. The molecule has 4 aromatic rings. The SMILES string of the molecule is CCN(Cc1cccc(C)c1)C(=O)Cc1nc2scc(-c3ccc(C)s3)c2c(=O)[nH]1. The highest BCUT2D eigenvalue weighted by molar-refractivity contribution is 7.19. The van der Waals surface area contributed by atoms with E-state index in [2.05, 4.69) is 16.0 Å². The maximum Gasteiger partial charge on any atom is 0.260 e. The molecule has 0 aliphatic heterocycles. The topological polar surface area (TPSA) is 66.1 Å². The lowest BCUT2D eigenvalue weighted by atomic mass is 10.1. The summed E-state index contributed by atoms with van der Waals surface area (Å²) >= 11 is 3.10. The number of amides is 1. The van der Waals surface area contributed by atoms with Crippen LogP contribution in [0, 0.1) is 13.8 Å². The van der Waals surface area contributed by atoms with E-state index in [1.807, 2.05) is 56.5 Å². The molecule has 0 unspecified atom stereocenters. The molecule has 4 rings (SSSR count). The van der Waals surface area contributed by atoms with E-state index in [1.165, 1.54) is 21.8 Å². The number of hydrogen-bond donors (Lipinski definition) is 1. The van der Waals surface area contributed by atoms with Gasteiger partial charge in [0.15, 0.2) is 0 Å². The molecule has 1 N–H and O–H groups in total. The highest BCUT2D eigenvalue weighted by Gasteiger charge is 2.18. The van der Waals surface area contributed by atoms with E-state index in [1.54, 1.807) is 16.2 Å². The number of nitrogens with zero attached hydrogens (tertiary/aromatic N) is 2. The molecule has 0 saturated heterocycles. The molecule has 3 heterocycles. The number of likely N-dealkylation sites (N-methyl/N-ethyl adjacent to an activating group) is 1. The minimum absolute atomic E-state index is 0.0489. The van der Waals surface area contributed by atoms with Gasteiger partial charge in [0.05, 0.1) is 11.8 Å². The molecule has 0 aliphatic rings. The van der Waals surface area contributed by atoms with Gasteiger partial charge in [-0.15, -0.1) is 22.7 Å². The number of rotatable bonds is 6. The lowest BCUT2D eigenvalue weighted by molar-refractivity contribution is -0.131. The minimum Gasteiger partial charge on any atom is -0.338 e. The second-order valence-electron chi connectivity index (χ2n) is 7.33. The van der Waals surface area contributed by atoms with Crippen LogP contribution in [0.2, 0.25) is 0 Å². The number of H-pyrrole nitrogens is 1. The number of aryl methyl sites for hydroxylation is 2. The van der Waals surface area contributed by atoms with Crippen molar-refractivity contribution >= 4 is 38.8 Å². The van der Waals surface area contributed by atoms with E-state index in [0.717, 1.165) is 16.0 Å². The summed E-state index contributed by atoms with van der Waals surface area (Å²) in [6.07, 6.45) is 0.0795. The van der Waals surface area contributed by atoms with Crippen molar-refractivity contribution in [2.45, 2.75) is 33.7 Å². The third-order valence-electron chi connectivity index (χ3n) is 5.01. The van der Waals surface area contributed by atoms with Gasteiger partial charge < -0.3 is 9.88 Å². The first-order valence-corrected chi connectivity index (χ1v) is 11.5. The van der Waals surface area contributed by atoms with Crippen LogP contribution in [0.25, 0.3) is 20.7 Å². The summed E-state index contributed by atoms with van der Waals surface area (Å²) in [7, 11) is 0. The molecule has 7 heteroatoms. The molecule has 30 heavy (non-hydrogen) atoms. The number of benzene rings is 1. The second kappa shape index (κ2) is 8.53. The maximum atomic E-state index is 12.9. The fraction of sp³-hybridized carbons (Fsp3) is 0.261. The normalized spacial score (nSPS) is 11.2. The average molecular weight is 438 g/mol. The minimum atomic E-state index is -0.188. The fourth-order valence-corrected chi connectivity index (χ4v) is 5.42. The second-order valence-corrected chi connectivity index (χ2v) is 9.47. The van der Waals surface area contributed by atoms with Gasteiger partial charge in [0, 0.05) is 33.8 Å². The molecule has 0 radical (unpaired) electrons. The van der Waals surface area contributed by atoms with Crippen LogP contribution in [0.1, 0.15) is 28.8 Å². The number of aromatic amines is 1. The molecule has 0 spiro atoms. The third kappa shape index (κ3) is 4.22. The van der Waals surface area contributed by atoms with Gasteiger partial charge in [0.25, 0.3) is 5.56 Å². The van der Waals surface area contributed by atoms with Gasteiger partial charge in [0.2, 0.25) is 5.91 Å². The summed E-state index contributed by atoms with van der Waals surface area (Å²) in [5.41, 5.74) is 2.99. The molecule has 3 aromatic heterocycles. The van der Waals surface area contributed by atoms with Crippen molar-refractivity contribution in [2.75, 3.05) is 6.54 Å². The summed E-state index contributed by atoms with van der Waals surface area (Å²) in [6.45, 7) is 7.19. The van der Waals surface area contributed by atoms with E-state index in [4.69, 9.17) is 0 Å². The molecule has 154 valence electrons. The molecule has 0 aliphatic carbocycles. The highest BCUT2D eigenvalue weighted by atomic mass is 32.1. The van der Waals surface area contributed by atoms with Crippen molar-refractivity contribution in [2.24, 2.45) is 0 Å². The number of hydrogen-bond acceptors (Lipinski definition) is 5. The van der Waals surface area contributed by atoms with Gasteiger partial charge in [-0.1, -0.05) is 29.8 Å². The smallest absolute Gasteiger partial charge is 0.260 e. The molecule has 0 bridgehead atoms. The standard InChI is InChI=1S/C23H23N3O2S2/c1-4-26(12-16-7-5-6-14(2)10-16)20(27)11-19-24-22(28)21-17(13-29-23(21)25-19)18-9-8-15(3)30-18/h5-10,13H,4,11-12H2,1-3H3,(H,24,25,28). The van der Waals surface area contributed by atoms with Gasteiger partial charge in [-0.2, -0.15) is 0 Å². The number of carbonyl (C=O) groups is 1. The van der Waals surface area contributed by atoms with Gasteiger partial charge in [-0.3, -0.25) is 9.59 Å². The van der Waals surface area contributed by atoms with Crippen molar-refractivity contribution in [3.63, 3.8) is 0 Å². The molecule has 1 aromatic carbocycles. The number of aromatic nitrogens is 2. The average Bonchev–Trinajstić information content (AvgIpc) is 3.32. The first kappa shape index (κ1) is 20.5. The van der Waals surface area contributed by atoms with Gasteiger partial charge in [-0.25, -0.2) is 4.98 Å². The van der Waals surface area contributed by atoms with Crippen LogP contribution in [0.4, 0.5) is 0 Å². The number of nitrogens with one attached hydrogen (secondary N) is 1. The van der Waals surface area contributed by atoms with E-state index >= 15 is 0 Å². The lowest BCUT2D eigenvalue weighted by Crippen LogP contribution is -2.32.